The lowest BCUT2D eigenvalue weighted by atomic mass is 9.94. The Labute approximate surface area is 294 Å². The maximum Gasteiger partial charge on any atom is 0.266 e. The van der Waals surface area contributed by atoms with Gasteiger partial charge in [-0.15, -0.1) is 0 Å². The van der Waals surface area contributed by atoms with Crippen LogP contribution >= 0.6 is 0 Å². The Morgan fingerprint density at radius 2 is 0.765 bits per heavy atom. The van der Waals surface area contributed by atoms with Gasteiger partial charge in [0.2, 0.25) is 0 Å². The van der Waals surface area contributed by atoms with Crippen LogP contribution in [0.3, 0.4) is 0 Å². The molecule has 0 bridgehead atoms. The highest BCUT2D eigenvalue weighted by atomic mass is 16.2. The Morgan fingerprint density at radius 3 is 1.25 bits per heavy atom. The van der Waals surface area contributed by atoms with Crippen molar-refractivity contribution >= 4 is 46.4 Å². The van der Waals surface area contributed by atoms with Crippen molar-refractivity contribution in [1.82, 2.24) is 0 Å². The summed E-state index contributed by atoms with van der Waals surface area (Å²) in [5.41, 5.74) is 23.1. The van der Waals surface area contributed by atoms with E-state index in [-0.39, 0.29) is 23.6 Å². The predicted molar refractivity (Wildman–Crippen MR) is 201 cm³/mol. The lowest BCUT2D eigenvalue weighted by Gasteiger charge is -2.21. The molecule has 2 heterocycles. The summed E-state index contributed by atoms with van der Waals surface area (Å²) in [6.07, 6.45) is 0. The monoisotopic (exact) mass is 668 g/mol. The number of nitrogens with zero attached hydrogens (tertiary/aromatic N) is 2. The second-order valence-corrected chi connectivity index (χ2v) is 13.0. The first-order chi connectivity index (χ1) is 24.5. The van der Waals surface area contributed by atoms with Gasteiger partial charge >= 0.3 is 0 Å². The average molecular weight is 669 g/mol. The van der Waals surface area contributed by atoms with Gasteiger partial charge in [0.15, 0.2) is 0 Å². The summed E-state index contributed by atoms with van der Waals surface area (Å²) < 4.78 is 0. The van der Waals surface area contributed by atoms with Gasteiger partial charge in [-0.3, -0.25) is 19.2 Å². The predicted octanol–water partition coefficient (Wildman–Crippen LogP) is 8.38. The molecule has 0 aromatic heterocycles. The van der Waals surface area contributed by atoms with Crippen LogP contribution in [-0.2, 0) is 0 Å². The minimum atomic E-state index is -0.374. The fraction of sp³-hybridized carbons (Fsp3) is 0.0698. The highest BCUT2D eigenvalue weighted by Crippen LogP contribution is 2.39. The number of benzene rings is 6. The number of nitrogens with two attached hydrogens (primary N) is 2. The molecule has 0 fully saturated rings. The molecule has 0 saturated heterocycles. The molecule has 0 aliphatic carbocycles. The molecular weight excluding hydrogens is 636 g/mol. The van der Waals surface area contributed by atoms with Crippen LogP contribution < -0.4 is 21.3 Å². The van der Waals surface area contributed by atoms with E-state index >= 15 is 0 Å². The first-order valence-corrected chi connectivity index (χ1v) is 16.5. The smallest absolute Gasteiger partial charge is 0.266 e. The molecule has 8 nitrogen and oxygen atoms in total. The van der Waals surface area contributed by atoms with Crippen molar-refractivity contribution in [3.05, 3.63) is 154 Å². The molecule has 51 heavy (non-hydrogen) atoms. The van der Waals surface area contributed by atoms with Crippen molar-refractivity contribution in [2.24, 2.45) is 0 Å². The molecule has 8 rings (SSSR count). The Balaban J connectivity index is 1.07. The molecule has 0 saturated carbocycles. The summed E-state index contributed by atoms with van der Waals surface area (Å²) in [7, 11) is 0. The average Bonchev–Trinajstić information content (AvgIpc) is 3.53. The number of anilines is 4. The largest absolute Gasteiger partial charge is 0.399 e. The van der Waals surface area contributed by atoms with Gasteiger partial charge in [0.1, 0.15) is 0 Å². The number of hydrogen-bond donors (Lipinski definition) is 2. The molecule has 2 aliphatic rings. The number of nitrogen functional groups attached to an aromatic ring is 2. The van der Waals surface area contributed by atoms with Crippen molar-refractivity contribution < 1.29 is 19.2 Å². The van der Waals surface area contributed by atoms with Gasteiger partial charge in [0.25, 0.3) is 23.6 Å². The standard InChI is InChI=1S/C43H32N4O4/c1-23-20-30(10-18-38(23)46-40(48)34-15-8-28(21-36(34)42(46)50)26-4-11-31(44)12-5-26)33-17-19-39(25(3)24(33)2)47-41(49)35-16-9-29(22-37(35)43(47)51)27-6-13-32(45)14-7-27/h4-22H,44-45H2,1-3H3. The highest BCUT2D eigenvalue weighted by Gasteiger charge is 2.39. The van der Waals surface area contributed by atoms with Gasteiger partial charge in [0.05, 0.1) is 33.6 Å². The van der Waals surface area contributed by atoms with E-state index in [9.17, 15) is 19.2 Å². The summed E-state index contributed by atoms with van der Waals surface area (Å²) in [6.45, 7) is 5.73. The third-order valence-corrected chi connectivity index (χ3v) is 10.0. The molecule has 2 aliphatic heterocycles. The highest BCUT2D eigenvalue weighted by molar-refractivity contribution is 6.36. The zero-order valence-electron chi connectivity index (χ0n) is 28.2. The Morgan fingerprint density at radius 1 is 0.373 bits per heavy atom. The molecule has 248 valence electrons. The molecule has 8 heteroatoms. The first kappa shape index (κ1) is 31.5. The minimum Gasteiger partial charge on any atom is -0.399 e. The summed E-state index contributed by atoms with van der Waals surface area (Å²) in [6, 6.07) is 34.6. The van der Waals surface area contributed by atoms with Crippen molar-refractivity contribution in [3.8, 4) is 33.4 Å². The van der Waals surface area contributed by atoms with Crippen molar-refractivity contribution in [3.63, 3.8) is 0 Å². The third kappa shape index (κ3) is 4.99. The molecule has 0 unspecified atom stereocenters. The summed E-state index contributed by atoms with van der Waals surface area (Å²) in [5, 5.41) is 0. The fourth-order valence-corrected chi connectivity index (χ4v) is 7.06. The number of rotatable bonds is 5. The topological polar surface area (TPSA) is 127 Å². The zero-order valence-corrected chi connectivity index (χ0v) is 28.2. The van der Waals surface area contributed by atoms with Crippen molar-refractivity contribution in [2.45, 2.75) is 20.8 Å². The molecule has 0 radical (unpaired) electrons. The van der Waals surface area contributed by atoms with Gasteiger partial charge in [-0.05, 0) is 138 Å². The SMILES string of the molecule is Cc1cc(-c2ccc(N3C(=O)c4ccc(-c5ccc(N)cc5)cc4C3=O)c(C)c2C)ccc1N1C(=O)c2ccc(-c3ccc(N)cc3)cc2C1=O. The number of carbonyl (C=O) groups is 4. The molecule has 0 spiro atoms. The van der Waals surface area contributed by atoms with Crippen LogP contribution in [0.2, 0.25) is 0 Å². The van der Waals surface area contributed by atoms with Crippen molar-refractivity contribution in [1.29, 1.82) is 0 Å². The molecule has 0 atom stereocenters. The van der Waals surface area contributed by atoms with E-state index in [0.29, 0.717) is 45.0 Å². The van der Waals surface area contributed by atoms with Gasteiger partial charge in [-0.2, -0.15) is 0 Å². The van der Waals surface area contributed by atoms with Crippen molar-refractivity contribution in [2.75, 3.05) is 21.3 Å². The van der Waals surface area contributed by atoms with Crippen LogP contribution in [0.15, 0.2) is 115 Å². The lowest BCUT2D eigenvalue weighted by molar-refractivity contribution is 0.0910. The van der Waals surface area contributed by atoms with E-state index in [1.54, 1.807) is 60.7 Å². The van der Waals surface area contributed by atoms with E-state index in [0.717, 1.165) is 50.1 Å². The number of hydrogen-bond acceptors (Lipinski definition) is 6. The Hall–Kier alpha value is -6.80. The molecule has 6 aromatic rings. The van der Waals surface area contributed by atoms with Crippen LogP contribution in [0.1, 0.15) is 58.1 Å². The number of amides is 4. The quantitative estimate of drug-likeness (QED) is 0.140. The second kappa shape index (κ2) is 11.7. The Bertz CT molecular complexity index is 2500. The van der Waals surface area contributed by atoms with Gasteiger partial charge in [0, 0.05) is 11.4 Å². The third-order valence-electron chi connectivity index (χ3n) is 10.0. The number of fused-ring (bicyclic) bond motifs is 2. The lowest BCUT2D eigenvalue weighted by Crippen LogP contribution is -2.30. The van der Waals surface area contributed by atoms with E-state index in [1.165, 1.54) is 9.80 Å². The van der Waals surface area contributed by atoms with Gasteiger partial charge in [-0.1, -0.05) is 48.5 Å². The summed E-state index contributed by atoms with van der Waals surface area (Å²) >= 11 is 0. The fourth-order valence-electron chi connectivity index (χ4n) is 7.06. The Kier molecular flexibility index (Phi) is 7.20. The molecule has 4 N–H and O–H groups in total. The van der Waals surface area contributed by atoms with E-state index < -0.39 is 0 Å². The number of imide groups is 2. The summed E-state index contributed by atoms with van der Waals surface area (Å²) in [4.78, 5) is 57.0. The number of aryl methyl sites for hydroxylation is 1. The number of carbonyl (C=O) groups excluding carboxylic acids is 4. The maximum atomic E-state index is 13.7. The zero-order chi connectivity index (χ0) is 35.7. The second-order valence-electron chi connectivity index (χ2n) is 13.0. The van der Waals surface area contributed by atoms with Crippen LogP contribution in [0.25, 0.3) is 33.4 Å². The summed E-state index contributed by atoms with van der Waals surface area (Å²) in [5.74, 6) is -1.48. The minimum absolute atomic E-state index is 0.356. The van der Waals surface area contributed by atoms with E-state index in [2.05, 4.69) is 0 Å². The van der Waals surface area contributed by atoms with Gasteiger partial charge < -0.3 is 11.5 Å². The normalized spacial score (nSPS) is 13.6. The van der Waals surface area contributed by atoms with Crippen LogP contribution in [0.5, 0.6) is 0 Å². The van der Waals surface area contributed by atoms with Crippen LogP contribution in [0, 0.1) is 20.8 Å². The molecule has 4 amide bonds. The molecular formula is C43H32N4O4. The van der Waals surface area contributed by atoms with Crippen LogP contribution in [-0.4, -0.2) is 23.6 Å². The maximum absolute atomic E-state index is 13.7. The first-order valence-electron chi connectivity index (χ1n) is 16.5. The van der Waals surface area contributed by atoms with E-state index in [1.807, 2.05) is 75.4 Å². The molecule has 6 aromatic carbocycles. The van der Waals surface area contributed by atoms with E-state index in [4.69, 9.17) is 11.5 Å². The van der Waals surface area contributed by atoms with Crippen LogP contribution in [0.4, 0.5) is 22.7 Å². The van der Waals surface area contributed by atoms with Gasteiger partial charge in [-0.25, -0.2) is 9.80 Å².